The van der Waals surface area contributed by atoms with Crippen molar-refractivity contribution < 1.29 is 23.8 Å². The summed E-state index contributed by atoms with van der Waals surface area (Å²) >= 11 is 0. The molecule has 0 saturated heterocycles. The zero-order chi connectivity index (χ0) is 10.9. The van der Waals surface area contributed by atoms with E-state index in [0.717, 1.165) is 0 Å². The van der Waals surface area contributed by atoms with Gasteiger partial charge in [-0.05, 0) is 0 Å². The van der Waals surface area contributed by atoms with Crippen molar-refractivity contribution in [1.29, 1.82) is 0 Å². The average Bonchev–Trinajstić information content (AvgIpc) is 2.08. The summed E-state index contributed by atoms with van der Waals surface area (Å²) in [5.41, 5.74) is -1.61. The van der Waals surface area contributed by atoms with Gasteiger partial charge in [-0.3, -0.25) is 10.1 Å². The van der Waals surface area contributed by atoms with Gasteiger partial charge >= 0.3 is 7.12 Å². The van der Waals surface area contributed by atoms with E-state index in [2.05, 4.69) is 0 Å². The van der Waals surface area contributed by atoms with Crippen LogP contribution in [0.5, 0.6) is 0 Å². The summed E-state index contributed by atoms with van der Waals surface area (Å²) in [5, 5.41) is 27.3. The molecule has 0 aliphatic carbocycles. The Bertz CT molecular complexity index is 384. The zero-order valence-electron chi connectivity index (χ0n) is 6.65. The summed E-state index contributed by atoms with van der Waals surface area (Å²) in [4.78, 5) is 9.23. The highest BCUT2D eigenvalue weighted by Gasteiger charge is 2.24. The third-order valence-corrected chi connectivity index (χ3v) is 1.53. The zero-order valence-corrected chi connectivity index (χ0v) is 6.65. The van der Waals surface area contributed by atoms with Crippen LogP contribution < -0.4 is 5.46 Å². The molecule has 0 fully saturated rings. The molecule has 2 N–H and O–H groups in total. The van der Waals surface area contributed by atoms with Crippen LogP contribution in [0.3, 0.4) is 0 Å². The Morgan fingerprint density at radius 2 is 1.93 bits per heavy atom. The van der Waals surface area contributed by atoms with Gasteiger partial charge in [0.15, 0.2) is 11.6 Å². The largest absolute Gasteiger partial charge is 0.491 e. The van der Waals surface area contributed by atoms with Crippen molar-refractivity contribution in [3.05, 3.63) is 33.9 Å². The number of benzene rings is 1. The predicted octanol–water partition coefficient (Wildman–Crippen LogP) is -0.447. The molecule has 0 heterocycles. The van der Waals surface area contributed by atoms with Crippen LogP contribution in [0.15, 0.2) is 12.1 Å². The van der Waals surface area contributed by atoms with Gasteiger partial charge in [-0.15, -0.1) is 0 Å². The first-order valence-corrected chi connectivity index (χ1v) is 3.43. The molecular weight excluding hydrogens is 199 g/mol. The molecule has 1 aromatic rings. The van der Waals surface area contributed by atoms with E-state index in [1.165, 1.54) is 0 Å². The van der Waals surface area contributed by atoms with Gasteiger partial charge < -0.3 is 10.0 Å². The monoisotopic (exact) mass is 203 g/mol. The summed E-state index contributed by atoms with van der Waals surface area (Å²) < 4.78 is 25.4. The molecule has 0 radical (unpaired) electrons. The van der Waals surface area contributed by atoms with Crippen LogP contribution in [0.25, 0.3) is 0 Å². The van der Waals surface area contributed by atoms with Crippen LogP contribution in [0.4, 0.5) is 14.5 Å². The Balaban J connectivity index is 3.35. The standard InChI is InChI=1S/C6H4BF2NO4/c8-5-2-3(10(13)14)1-4(6(5)9)7(11)12/h1-2,11-12H. The second kappa shape index (κ2) is 3.68. The van der Waals surface area contributed by atoms with Gasteiger partial charge in [-0.2, -0.15) is 0 Å². The highest BCUT2D eigenvalue weighted by Crippen LogP contribution is 2.13. The number of non-ortho nitro benzene ring substituents is 1. The summed E-state index contributed by atoms with van der Waals surface area (Å²) in [6.45, 7) is 0. The molecule has 0 amide bonds. The van der Waals surface area contributed by atoms with Gasteiger partial charge in [0.1, 0.15) is 0 Å². The van der Waals surface area contributed by atoms with Gasteiger partial charge in [-0.25, -0.2) is 8.78 Å². The van der Waals surface area contributed by atoms with Crippen LogP contribution in [-0.4, -0.2) is 22.1 Å². The minimum absolute atomic E-state index is 0.362. The summed E-state index contributed by atoms with van der Waals surface area (Å²) in [7, 11) is -2.29. The van der Waals surface area contributed by atoms with E-state index in [-0.39, 0.29) is 0 Å². The van der Waals surface area contributed by atoms with Crippen molar-refractivity contribution in [3.8, 4) is 0 Å². The predicted molar refractivity (Wildman–Crippen MR) is 42.8 cm³/mol. The second-order valence-electron chi connectivity index (χ2n) is 2.46. The maximum atomic E-state index is 12.8. The fourth-order valence-corrected chi connectivity index (χ4v) is 0.889. The van der Waals surface area contributed by atoms with Gasteiger partial charge in [-0.1, -0.05) is 0 Å². The number of nitro groups is 1. The number of nitrogens with zero attached hydrogens (tertiary/aromatic N) is 1. The lowest BCUT2D eigenvalue weighted by Gasteiger charge is -2.01. The van der Waals surface area contributed by atoms with Crippen LogP contribution in [0.1, 0.15) is 0 Å². The first kappa shape index (κ1) is 10.5. The lowest BCUT2D eigenvalue weighted by molar-refractivity contribution is -0.385. The smallest absolute Gasteiger partial charge is 0.423 e. The number of halogens is 2. The first-order valence-electron chi connectivity index (χ1n) is 3.43. The molecule has 8 heteroatoms. The molecule has 0 aromatic heterocycles. The van der Waals surface area contributed by atoms with E-state index in [1.54, 1.807) is 0 Å². The normalized spacial score (nSPS) is 10.0. The summed E-state index contributed by atoms with van der Waals surface area (Å²) in [6.07, 6.45) is 0. The van der Waals surface area contributed by atoms with Gasteiger partial charge in [0.25, 0.3) is 5.69 Å². The molecule has 0 saturated carbocycles. The van der Waals surface area contributed by atoms with E-state index in [9.17, 15) is 18.9 Å². The molecule has 1 aromatic carbocycles. The van der Waals surface area contributed by atoms with Gasteiger partial charge in [0.2, 0.25) is 0 Å². The van der Waals surface area contributed by atoms with Gasteiger partial charge in [0, 0.05) is 11.5 Å². The Morgan fingerprint density at radius 3 is 2.36 bits per heavy atom. The molecular formula is C6H4BF2NO4. The fourth-order valence-electron chi connectivity index (χ4n) is 0.889. The quantitative estimate of drug-likeness (QED) is 0.387. The van der Waals surface area contributed by atoms with E-state index >= 15 is 0 Å². The first-order chi connectivity index (χ1) is 6.43. The maximum absolute atomic E-state index is 12.8. The molecule has 74 valence electrons. The Hall–Kier alpha value is -1.54. The third-order valence-electron chi connectivity index (χ3n) is 1.53. The number of hydrogen-bond acceptors (Lipinski definition) is 4. The van der Waals surface area contributed by atoms with E-state index in [0.29, 0.717) is 12.1 Å². The van der Waals surface area contributed by atoms with Crippen LogP contribution >= 0.6 is 0 Å². The lowest BCUT2D eigenvalue weighted by atomic mass is 9.79. The molecule has 0 unspecified atom stereocenters. The van der Waals surface area contributed by atoms with Crippen LogP contribution in [0, 0.1) is 21.7 Å². The van der Waals surface area contributed by atoms with Crippen molar-refractivity contribution in [1.82, 2.24) is 0 Å². The fraction of sp³-hybridized carbons (Fsp3) is 0. The topological polar surface area (TPSA) is 83.6 Å². The molecule has 0 atom stereocenters. The van der Waals surface area contributed by atoms with E-state index < -0.39 is 34.8 Å². The lowest BCUT2D eigenvalue weighted by Crippen LogP contribution is -2.33. The molecule has 5 nitrogen and oxygen atoms in total. The summed E-state index contributed by atoms with van der Waals surface area (Å²) in [6, 6.07) is 0.921. The molecule has 0 aliphatic heterocycles. The van der Waals surface area contributed by atoms with Crippen molar-refractivity contribution in [2.24, 2.45) is 0 Å². The third kappa shape index (κ3) is 1.86. The second-order valence-corrected chi connectivity index (χ2v) is 2.46. The Kier molecular flexibility index (Phi) is 2.77. The molecule has 0 spiro atoms. The van der Waals surface area contributed by atoms with Crippen molar-refractivity contribution >= 4 is 18.3 Å². The van der Waals surface area contributed by atoms with Crippen molar-refractivity contribution in [2.45, 2.75) is 0 Å². The minimum atomic E-state index is -2.29. The van der Waals surface area contributed by atoms with Crippen molar-refractivity contribution in [3.63, 3.8) is 0 Å². The van der Waals surface area contributed by atoms with Gasteiger partial charge in [0.05, 0.1) is 11.0 Å². The van der Waals surface area contributed by atoms with Crippen molar-refractivity contribution in [2.75, 3.05) is 0 Å². The molecule has 14 heavy (non-hydrogen) atoms. The van der Waals surface area contributed by atoms with Crippen LogP contribution in [-0.2, 0) is 0 Å². The molecule has 1 rings (SSSR count). The Morgan fingerprint density at radius 1 is 1.36 bits per heavy atom. The summed E-state index contributed by atoms with van der Waals surface area (Å²) in [5.74, 6) is -3.01. The Labute approximate surface area is 76.9 Å². The number of rotatable bonds is 2. The SMILES string of the molecule is O=[N+]([O-])c1cc(F)c(F)c(B(O)O)c1. The highest BCUT2D eigenvalue weighted by molar-refractivity contribution is 6.58. The van der Waals surface area contributed by atoms with E-state index in [4.69, 9.17) is 10.0 Å². The highest BCUT2D eigenvalue weighted by atomic mass is 19.2. The maximum Gasteiger partial charge on any atom is 0.491 e. The molecule has 0 aliphatic rings. The number of hydrogen-bond donors (Lipinski definition) is 2. The average molecular weight is 203 g/mol. The molecule has 0 bridgehead atoms. The van der Waals surface area contributed by atoms with E-state index in [1.807, 2.05) is 0 Å². The minimum Gasteiger partial charge on any atom is -0.423 e. The van der Waals surface area contributed by atoms with Crippen LogP contribution in [0.2, 0.25) is 0 Å². The number of nitro benzene ring substituents is 1.